The van der Waals surface area contributed by atoms with Crippen LogP contribution >= 0.6 is 0 Å². The summed E-state index contributed by atoms with van der Waals surface area (Å²) in [5.74, 6) is 2.08. The van der Waals surface area contributed by atoms with E-state index in [4.69, 9.17) is 15.2 Å². The van der Waals surface area contributed by atoms with Crippen molar-refractivity contribution in [1.29, 1.82) is 0 Å². The molecule has 2 aromatic rings. The fourth-order valence-electron chi connectivity index (χ4n) is 1.27. The van der Waals surface area contributed by atoms with Crippen LogP contribution in [0, 0.1) is 6.07 Å². The SMILES string of the molecule is COc1cc[c]c(Oc2ccc(N)cc2)c1. The maximum atomic E-state index is 5.58. The van der Waals surface area contributed by atoms with Crippen molar-refractivity contribution < 1.29 is 9.47 Å². The van der Waals surface area contributed by atoms with Gasteiger partial charge >= 0.3 is 0 Å². The van der Waals surface area contributed by atoms with Gasteiger partial charge in [0.1, 0.15) is 17.2 Å². The van der Waals surface area contributed by atoms with E-state index in [1.165, 1.54) is 0 Å². The minimum Gasteiger partial charge on any atom is -0.497 e. The first-order valence-electron chi connectivity index (χ1n) is 4.87. The van der Waals surface area contributed by atoms with Gasteiger partial charge in [-0.2, -0.15) is 0 Å². The predicted octanol–water partition coefficient (Wildman–Crippen LogP) is 2.87. The van der Waals surface area contributed by atoms with Gasteiger partial charge in [0.2, 0.25) is 0 Å². The number of nitrogens with two attached hydrogens (primary N) is 1. The molecule has 0 aliphatic rings. The summed E-state index contributed by atoms with van der Waals surface area (Å²) in [7, 11) is 1.61. The van der Waals surface area contributed by atoms with Gasteiger partial charge in [0, 0.05) is 17.8 Å². The zero-order valence-corrected chi connectivity index (χ0v) is 8.94. The molecule has 0 bridgehead atoms. The normalized spacial score (nSPS) is 9.81. The minimum atomic E-state index is 0.615. The van der Waals surface area contributed by atoms with Crippen LogP contribution in [0.1, 0.15) is 0 Å². The summed E-state index contributed by atoms with van der Waals surface area (Å²) in [5, 5.41) is 0. The monoisotopic (exact) mass is 214 g/mol. The van der Waals surface area contributed by atoms with Crippen LogP contribution in [0.4, 0.5) is 5.69 Å². The van der Waals surface area contributed by atoms with E-state index in [9.17, 15) is 0 Å². The molecule has 0 aliphatic heterocycles. The molecule has 0 heterocycles. The molecule has 3 nitrogen and oxygen atoms in total. The molecule has 2 N–H and O–H groups in total. The van der Waals surface area contributed by atoms with Crippen LogP contribution < -0.4 is 15.2 Å². The van der Waals surface area contributed by atoms with E-state index < -0.39 is 0 Å². The Kier molecular flexibility index (Phi) is 2.96. The highest BCUT2D eigenvalue weighted by Gasteiger charge is 1.99. The quantitative estimate of drug-likeness (QED) is 0.799. The lowest BCUT2D eigenvalue weighted by Crippen LogP contribution is -1.88. The molecule has 0 amide bonds. The fourth-order valence-corrected chi connectivity index (χ4v) is 1.27. The second-order valence-corrected chi connectivity index (χ2v) is 3.26. The van der Waals surface area contributed by atoms with E-state index in [0.29, 0.717) is 11.4 Å². The summed E-state index contributed by atoms with van der Waals surface area (Å²) >= 11 is 0. The molecule has 0 aliphatic carbocycles. The Morgan fingerprint density at radius 1 is 1.06 bits per heavy atom. The number of hydrogen-bond acceptors (Lipinski definition) is 3. The number of anilines is 1. The van der Waals surface area contributed by atoms with Gasteiger partial charge in [-0.15, -0.1) is 0 Å². The summed E-state index contributed by atoms with van der Waals surface area (Å²) in [6.07, 6.45) is 0. The van der Waals surface area contributed by atoms with Crippen molar-refractivity contribution in [3.05, 3.63) is 48.5 Å². The van der Waals surface area contributed by atoms with Gasteiger partial charge in [-0.1, -0.05) is 0 Å². The third-order valence-corrected chi connectivity index (χ3v) is 2.09. The van der Waals surface area contributed by atoms with Gasteiger partial charge in [-0.3, -0.25) is 0 Å². The van der Waals surface area contributed by atoms with Gasteiger partial charge in [-0.25, -0.2) is 0 Å². The molecule has 1 radical (unpaired) electrons. The average molecular weight is 214 g/mol. The highest BCUT2D eigenvalue weighted by molar-refractivity contribution is 5.43. The molecule has 2 rings (SSSR count). The molecule has 0 unspecified atom stereocenters. The first-order valence-corrected chi connectivity index (χ1v) is 4.87. The van der Waals surface area contributed by atoms with E-state index in [-0.39, 0.29) is 0 Å². The number of nitrogen functional groups attached to an aromatic ring is 1. The zero-order valence-electron chi connectivity index (χ0n) is 8.94. The van der Waals surface area contributed by atoms with Crippen LogP contribution in [-0.4, -0.2) is 7.11 Å². The molecule has 81 valence electrons. The van der Waals surface area contributed by atoms with Gasteiger partial charge in [0.15, 0.2) is 0 Å². The Bertz CT molecular complexity index is 466. The van der Waals surface area contributed by atoms with Crippen LogP contribution in [0.5, 0.6) is 17.2 Å². The van der Waals surface area contributed by atoms with E-state index in [0.717, 1.165) is 11.5 Å². The Hall–Kier alpha value is -2.16. The van der Waals surface area contributed by atoms with Crippen molar-refractivity contribution in [2.45, 2.75) is 0 Å². The molecule has 0 aromatic heterocycles. The summed E-state index contributed by atoms with van der Waals surface area (Å²) < 4.78 is 10.7. The van der Waals surface area contributed by atoms with Crippen molar-refractivity contribution in [2.75, 3.05) is 12.8 Å². The summed E-state index contributed by atoms with van der Waals surface area (Å²) in [6.45, 7) is 0. The van der Waals surface area contributed by atoms with Gasteiger partial charge in [-0.05, 0) is 36.4 Å². The number of benzene rings is 2. The van der Waals surface area contributed by atoms with Gasteiger partial charge < -0.3 is 15.2 Å². The minimum absolute atomic E-state index is 0.615. The second-order valence-electron chi connectivity index (χ2n) is 3.26. The number of rotatable bonds is 3. The lowest BCUT2D eigenvalue weighted by molar-refractivity contribution is 0.409. The molecular formula is C13H12NO2. The molecule has 3 heteroatoms. The zero-order chi connectivity index (χ0) is 11.4. The molecule has 0 fully saturated rings. The number of methoxy groups -OCH3 is 1. The molecule has 0 saturated carbocycles. The average Bonchev–Trinajstić information content (AvgIpc) is 2.32. The molecule has 2 aromatic carbocycles. The maximum Gasteiger partial charge on any atom is 0.139 e. The first kappa shape index (κ1) is 10.4. The molecular weight excluding hydrogens is 202 g/mol. The molecule has 0 spiro atoms. The second kappa shape index (κ2) is 4.57. The maximum absolute atomic E-state index is 5.58. The highest BCUT2D eigenvalue weighted by Crippen LogP contribution is 2.24. The Balaban J connectivity index is 2.16. The predicted molar refractivity (Wildman–Crippen MR) is 62.8 cm³/mol. The Morgan fingerprint density at radius 2 is 1.81 bits per heavy atom. The smallest absolute Gasteiger partial charge is 0.139 e. The van der Waals surface area contributed by atoms with Crippen LogP contribution in [-0.2, 0) is 0 Å². The van der Waals surface area contributed by atoms with Crippen LogP contribution in [0.3, 0.4) is 0 Å². The first-order chi connectivity index (χ1) is 7.78. The van der Waals surface area contributed by atoms with Gasteiger partial charge in [0.05, 0.1) is 7.11 Å². The van der Waals surface area contributed by atoms with Crippen molar-refractivity contribution in [1.82, 2.24) is 0 Å². The molecule has 0 atom stereocenters. The third kappa shape index (κ3) is 2.45. The third-order valence-electron chi connectivity index (χ3n) is 2.09. The summed E-state index contributed by atoms with van der Waals surface area (Å²) in [5.41, 5.74) is 6.29. The number of ether oxygens (including phenoxy) is 2. The lowest BCUT2D eigenvalue weighted by Gasteiger charge is -2.06. The van der Waals surface area contributed by atoms with E-state index in [1.54, 1.807) is 31.4 Å². The van der Waals surface area contributed by atoms with Crippen molar-refractivity contribution in [2.24, 2.45) is 0 Å². The Morgan fingerprint density at radius 3 is 2.50 bits per heavy atom. The topological polar surface area (TPSA) is 44.5 Å². The van der Waals surface area contributed by atoms with Crippen molar-refractivity contribution >= 4 is 5.69 Å². The lowest BCUT2D eigenvalue weighted by atomic mass is 10.3. The van der Waals surface area contributed by atoms with Crippen LogP contribution in [0.25, 0.3) is 0 Å². The molecule has 0 saturated heterocycles. The summed E-state index contributed by atoms with van der Waals surface area (Å²) in [6, 6.07) is 15.5. The largest absolute Gasteiger partial charge is 0.497 e. The van der Waals surface area contributed by atoms with E-state index >= 15 is 0 Å². The van der Waals surface area contributed by atoms with E-state index in [2.05, 4.69) is 6.07 Å². The van der Waals surface area contributed by atoms with Crippen LogP contribution in [0.15, 0.2) is 42.5 Å². The Labute approximate surface area is 94.4 Å². The molecule has 16 heavy (non-hydrogen) atoms. The van der Waals surface area contributed by atoms with Crippen LogP contribution in [0.2, 0.25) is 0 Å². The van der Waals surface area contributed by atoms with Gasteiger partial charge in [0.25, 0.3) is 0 Å². The van der Waals surface area contributed by atoms with Crippen molar-refractivity contribution in [3.8, 4) is 17.2 Å². The standard InChI is InChI=1S/C13H12NO2/c1-15-12-3-2-4-13(9-12)16-11-7-5-10(14)6-8-11/h2-3,5-9H,14H2,1H3. The highest BCUT2D eigenvalue weighted by atomic mass is 16.5. The van der Waals surface area contributed by atoms with E-state index in [1.807, 2.05) is 18.2 Å². The summed E-state index contributed by atoms with van der Waals surface area (Å²) in [4.78, 5) is 0. The number of hydrogen-bond donors (Lipinski definition) is 1. The van der Waals surface area contributed by atoms with Crippen molar-refractivity contribution in [3.63, 3.8) is 0 Å². The fraction of sp³-hybridized carbons (Fsp3) is 0.0769.